The van der Waals surface area contributed by atoms with Crippen molar-refractivity contribution in [1.29, 1.82) is 0 Å². The molecule has 5 nitrogen and oxygen atoms in total. The van der Waals surface area contributed by atoms with Crippen LogP contribution in [0.1, 0.15) is 11.1 Å². The monoisotopic (exact) mass is 424 g/mol. The first-order valence-electron chi connectivity index (χ1n) is 7.70. The predicted octanol–water partition coefficient (Wildman–Crippen LogP) is 3.18. The number of sulfonamides is 1. The number of rotatable bonds is 6. The van der Waals surface area contributed by atoms with Gasteiger partial charge in [0.15, 0.2) is 0 Å². The molecule has 0 unspecified atom stereocenters. The van der Waals surface area contributed by atoms with Gasteiger partial charge in [0.25, 0.3) is 0 Å². The summed E-state index contributed by atoms with van der Waals surface area (Å²) in [4.78, 5) is 14.1. The van der Waals surface area contributed by atoms with Crippen LogP contribution in [0.25, 0.3) is 0 Å². The molecule has 0 atom stereocenters. The number of hydrogen-bond acceptors (Lipinski definition) is 3. The highest BCUT2D eigenvalue weighted by atomic mass is 79.9. The summed E-state index contributed by atoms with van der Waals surface area (Å²) in [5, 5.41) is 0. The van der Waals surface area contributed by atoms with Gasteiger partial charge < -0.3 is 4.90 Å². The van der Waals surface area contributed by atoms with Crippen molar-refractivity contribution in [2.24, 2.45) is 0 Å². The summed E-state index contributed by atoms with van der Waals surface area (Å²) >= 11 is 3.37. The van der Waals surface area contributed by atoms with Crippen LogP contribution in [0.5, 0.6) is 0 Å². The van der Waals surface area contributed by atoms with Gasteiger partial charge in [-0.05, 0) is 36.2 Å². The van der Waals surface area contributed by atoms with Gasteiger partial charge in [0, 0.05) is 18.1 Å². The van der Waals surface area contributed by atoms with E-state index in [1.807, 2.05) is 43.3 Å². The van der Waals surface area contributed by atoms with E-state index in [-0.39, 0.29) is 12.5 Å². The third-order valence-electron chi connectivity index (χ3n) is 3.82. The number of carbonyl (C=O) groups excluding carboxylic acids is 1. The first kappa shape index (κ1) is 19.5. The van der Waals surface area contributed by atoms with Crippen molar-refractivity contribution in [3.05, 3.63) is 64.1 Å². The fourth-order valence-corrected chi connectivity index (χ4v) is 3.59. The molecule has 0 spiro atoms. The van der Waals surface area contributed by atoms with Crippen LogP contribution in [-0.2, 0) is 21.4 Å². The molecule has 0 N–H and O–H groups in total. The molecule has 1 amide bonds. The van der Waals surface area contributed by atoms with E-state index >= 15 is 0 Å². The Labute approximate surface area is 157 Å². The average molecular weight is 425 g/mol. The highest BCUT2D eigenvalue weighted by molar-refractivity contribution is 9.10. The molecule has 134 valence electrons. The standard InChI is InChI=1S/C18H21BrN2O3S/c1-14-6-4-5-7-17(14)21(25(3,23)24)13-18(22)20(2)12-15-8-10-16(19)11-9-15/h4-11H,12-13H2,1-3H3. The Morgan fingerprint density at radius 3 is 2.24 bits per heavy atom. The summed E-state index contributed by atoms with van der Waals surface area (Å²) in [6, 6.07) is 14.8. The highest BCUT2D eigenvalue weighted by Crippen LogP contribution is 2.22. The fraction of sp³-hybridized carbons (Fsp3) is 0.278. The summed E-state index contributed by atoms with van der Waals surface area (Å²) in [6.07, 6.45) is 1.11. The topological polar surface area (TPSA) is 57.7 Å². The van der Waals surface area contributed by atoms with Crippen LogP contribution < -0.4 is 4.31 Å². The van der Waals surface area contributed by atoms with Crippen molar-refractivity contribution in [3.63, 3.8) is 0 Å². The van der Waals surface area contributed by atoms with Gasteiger partial charge in [-0.2, -0.15) is 0 Å². The molecule has 2 aromatic rings. The number of benzene rings is 2. The maximum absolute atomic E-state index is 12.6. The van der Waals surface area contributed by atoms with Gasteiger partial charge >= 0.3 is 0 Å². The number of para-hydroxylation sites is 1. The number of halogens is 1. The minimum Gasteiger partial charge on any atom is -0.340 e. The van der Waals surface area contributed by atoms with Crippen LogP contribution in [-0.4, -0.2) is 39.1 Å². The summed E-state index contributed by atoms with van der Waals surface area (Å²) < 4.78 is 26.5. The highest BCUT2D eigenvalue weighted by Gasteiger charge is 2.23. The maximum atomic E-state index is 12.6. The molecule has 0 aliphatic carbocycles. The van der Waals surface area contributed by atoms with E-state index in [9.17, 15) is 13.2 Å². The molecule has 2 rings (SSSR count). The minimum atomic E-state index is -3.57. The van der Waals surface area contributed by atoms with Crippen LogP contribution in [0.2, 0.25) is 0 Å². The van der Waals surface area contributed by atoms with Gasteiger partial charge in [-0.25, -0.2) is 8.42 Å². The van der Waals surface area contributed by atoms with Crippen molar-refractivity contribution in [3.8, 4) is 0 Å². The second kappa shape index (κ2) is 8.01. The van der Waals surface area contributed by atoms with Crippen molar-refractivity contribution in [2.45, 2.75) is 13.5 Å². The molecule has 0 heterocycles. The molecule has 0 radical (unpaired) electrons. The maximum Gasteiger partial charge on any atom is 0.243 e. The molecule has 7 heteroatoms. The zero-order chi connectivity index (χ0) is 18.6. The Hall–Kier alpha value is -1.86. The Balaban J connectivity index is 2.17. The third-order valence-corrected chi connectivity index (χ3v) is 5.48. The second-order valence-electron chi connectivity index (χ2n) is 5.93. The van der Waals surface area contributed by atoms with Crippen molar-refractivity contribution in [2.75, 3.05) is 24.2 Å². The van der Waals surface area contributed by atoms with Crippen LogP contribution in [0.4, 0.5) is 5.69 Å². The van der Waals surface area contributed by atoms with E-state index in [1.165, 1.54) is 4.90 Å². The molecule has 0 aliphatic rings. The van der Waals surface area contributed by atoms with Crippen molar-refractivity contribution in [1.82, 2.24) is 4.90 Å². The van der Waals surface area contributed by atoms with E-state index in [1.54, 1.807) is 19.2 Å². The molecule has 0 aliphatic heterocycles. The van der Waals surface area contributed by atoms with E-state index in [0.29, 0.717) is 12.2 Å². The number of anilines is 1. The van der Waals surface area contributed by atoms with E-state index in [0.717, 1.165) is 26.2 Å². The first-order chi connectivity index (χ1) is 11.7. The lowest BCUT2D eigenvalue weighted by molar-refractivity contribution is -0.128. The van der Waals surface area contributed by atoms with Gasteiger partial charge in [-0.1, -0.05) is 46.3 Å². The van der Waals surface area contributed by atoms with Crippen molar-refractivity contribution >= 4 is 37.5 Å². The molecule has 0 saturated carbocycles. The largest absolute Gasteiger partial charge is 0.340 e. The van der Waals surface area contributed by atoms with E-state index in [2.05, 4.69) is 15.9 Å². The molecule has 0 aromatic heterocycles. The molecule has 25 heavy (non-hydrogen) atoms. The van der Waals surface area contributed by atoms with Crippen LogP contribution in [0, 0.1) is 6.92 Å². The number of nitrogens with zero attached hydrogens (tertiary/aromatic N) is 2. The zero-order valence-corrected chi connectivity index (χ0v) is 16.8. The molecular formula is C18H21BrN2O3S. The third kappa shape index (κ3) is 5.31. The smallest absolute Gasteiger partial charge is 0.243 e. The molecule has 0 fully saturated rings. The fourth-order valence-electron chi connectivity index (χ4n) is 2.42. The Morgan fingerprint density at radius 1 is 1.08 bits per heavy atom. The number of amides is 1. The lowest BCUT2D eigenvalue weighted by Crippen LogP contribution is -2.41. The predicted molar refractivity (Wildman–Crippen MR) is 104 cm³/mol. The Kier molecular flexibility index (Phi) is 6.24. The lowest BCUT2D eigenvalue weighted by Gasteiger charge is -2.26. The normalized spacial score (nSPS) is 11.2. The van der Waals surface area contributed by atoms with Gasteiger partial charge in [0.05, 0.1) is 11.9 Å². The number of aryl methyl sites for hydroxylation is 1. The second-order valence-corrected chi connectivity index (χ2v) is 8.75. The van der Waals surface area contributed by atoms with Crippen LogP contribution in [0.15, 0.2) is 53.0 Å². The summed E-state index contributed by atoms with van der Waals surface area (Å²) in [5.41, 5.74) is 2.30. The number of carbonyl (C=O) groups is 1. The number of likely N-dealkylation sites (N-methyl/N-ethyl adjacent to an activating group) is 1. The molecule has 2 aromatic carbocycles. The van der Waals surface area contributed by atoms with Crippen molar-refractivity contribution < 1.29 is 13.2 Å². The van der Waals surface area contributed by atoms with Gasteiger partial charge in [-0.3, -0.25) is 9.10 Å². The SMILES string of the molecule is Cc1ccccc1N(CC(=O)N(C)Cc1ccc(Br)cc1)S(C)(=O)=O. The Morgan fingerprint density at radius 2 is 1.68 bits per heavy atom. The summed E-state index contributed by atoms with van der Waals surface area (Å²) in [7, 11) is -1.90. The van der Waals surface area contributed by atoms with Gasteiger partial charge in [-0.15, -0.1) is 0 Å². The van der Waals surface area contributed by atoms with Gasteiger partial charge in [0.2, 0.25) is 15.9 Å². The van der Waals surface area contributed by atoms with Crippen LogP contribution >= 0.6 is 15.9 Å². The Bertz CT molecular complexity index is 851. The average Bonchev–Trinajstić information content (AvgIpc) is 2.54. The molecular weight excluding hydrogens is 404 g/mol. The zero-order valence-electron chi connectivity index (χ0n) is 14.4. The summed E-state index contributed by atoms with van der Waals surface area (Å²) in [6.45, 7) is 2.01. The first-order valence-corrected chi connectivity index (χ1v) is 10.3. The minimum absolute atomic E-state index is 0.225. The molecule has 0 saturated heterocycles. The molecule has 0 bridgehead atoms. The van der Waals surface area contributed by atoms with E-state index in [4.69, 9.17) is 0 Å². The van der Waals surface area contributed by atoms with Crippen LogP contribution in [0.3, 0.4) is 0 Å². The summed E-state index contributed by atoms with van der Waals surface area (Å²) in [5.74, 6) is -0.267. The lowest BCUT2D eigenvalue weighted by atomic mass is 10.2. The van der Waals surface area contributed by atoms with E-state index < -0.39 is 10.0 Å². The van der Waals surface area contributed by atoms with Gasteiger partial charge in [0.1, 0.15) is 6.54 Å². The quantitative estimate of drug-likeness (QED) is 0.715. The number of hydrogen-bond donors (Lipinski definition) is 0.